The van der Waals surface area contributed by atoms with E-state index in [-0.39, 0.29) is 12.4 Å². The van der Waals surface area contributed by atoms with Gasteiger partial charge in [0, 0.05) is 11.0 Å². The van der Waals surface area contributed by atoms with Crippen molar-refractivity contribution in [3.63, 3.8) is 0 Å². The van der Waals surface area contributed by atoms with Gasteiger partial charge in [0.05, 0.1) is 12.3 Å². The first-order valence-electron chi connectivity index (χ1n) is 4.02. The van der Waals surface area contributed by atoms with Gasteiger partial charge in [0.1, 0.15) is 5.75 Å². The molecule has 0 aromatic heterocycles. The van der Waals surface area contributed by atoms with Crippen LogP contribution in [0.1, 0.15) is 6.42 Å². The van der Waals surface area contributed by atoms with E-state index in [4.69, 9.17) is 4.74 Å². The average Bonchev–Trinajstić information content (AvgIpc) is 2.28. The van der Waals surface area contributed by atoms with E-state index >= 15 is 0 Å². The fourth-order valence-corrected chi connectivity index (χ4v) is 1.60. The molecule has 0 bridgehead atoms. The average molecular weight is 265 g/mol. The molecule has 0 unspecified atom stereocenters. The Bertz CT molecular complexity index is 293. The third kappa shape index (κ3) is 2.51. The topological polar surface area (TPSA) is 21.3 Å². The lowest BCUT2D eigenvalue weighted by molar-refractivity contribution is 0.323. The number of anilines is 1. The number of fused-ring (bicyclic) bond motifs is 1. The molecule has 13 heavy (non-hydrogen) atoms. The summed E-state index contributed by atoms with van der Waals surface area (Å²) in [6.07, 6.45) is 1.06. The van der Waals surface area contributed by atoms with E-state index in [2.05, 4.69) is 21.2 Å². The highest BCUT2D eigenvalue weighted by Crippen LogP contribution is 2.29. The first-order chi connectivity index (χ1) is 5.86. The number of nitrogens with one attached hydrogen (secondary N) is 1. The zero-order chi connectivity index (χ0) is 8.39. The number of benzene rings is 1. The molecule has 0 saturated heterocycles. The summed E-state index contributed by atoms with van der Waals surface area (Å²) in [4.78, 5) is 0. The molecule has 1 aromatic rings. The molecule has 4 heteroatoms. The Morgan fingerprint density at radius 3 is 3.08 bits per heavy atom. The maximum Gasteiger partial charge on any atom is 0.142 e. The van der Waals surface area contributed by atoms with Crippen LogP contribution in [0.25, 0.3) is 0 Å². The fraction of sp³-hybridized carbons (Fsp3) is 0.333. The first kappa shape index (κ1) is 10.7. The third-order valence-electron chi connectivity index (χ3n) is 1.84. The number of ether oxygens (including phenoxy) is 1. The Morgan fingerprint density at radius 1 is 1.38 bits per heavy atom. The molecule has 0 saturated carbocycles. The molecule has 1 N–H and O–H groups in total. The second-order valence-electron chi connectivity index (χ2n) is 2.77. The summed E-state index contributed by atoms with van der Waals surface area (Å²) in [5, 5.41) is 3.31. The van der Waals surface area contributed by atoms with Crippen molar-refractivity contribution in [1.29, 1.82) is 0 Å². The van der Waals surface area contributed by atoms with Crippen molar-refractivity contribution < 1.29 is 4.74 Å². The minimum absolute atomic E-state index is 0. The molecule has 0 spiro atoms. The van der Waals surface area contributed by atoms with Crippen LogP contribution in [0.4, 0.5) is 5.69 Å². The minimum atomic E-state index is 0. The molecule has 1 aliphatic rings. The molecule has 0 aliphatic carbocycles. The van der Waals surface area contributed by atoms with E-state index in [0.717, 1.165) is 35.5 Å². The van der Waals surface area contributed by atoms with Crippen molar-refractivity contribution in [2.24, 2.45) is 0 Å². The third-order valence-corrected chi connectivity index (χ3v) is 2.33. The van der Waals surface area contributed by atoms with Gasteiger partial charge in [-0.1, -0.05) is 15.9 Å². The van der Waals surface area contributed by atoms with Gasteiger partial charge < -0.3 is 10.1 Å². The van der Waals surface area contributed by atoms with Crippen LogP contribution in [0.15, 0.2) is 22.7 Å². The predicted molar refractivity (Wildman–Crippen MR) is 60.0 cm³/mol. The largest absolute Gasteiger partial charge is 0.491 e. The van der Waals surface area contributed by atoms with Crippen molar-refractivity contribution in [2.75, 3.05) is 18.5 Å². The molecule has 2 rings (SSSR count). The highest BCUT2D eigenvalue weighted by Gasteiger charge is 2.07. The summed E-state index contributed by atoms with van der Waals surface area (Å²) in [6, 6.07) is 6.02. The summed E-state index contributed by atoms with van der Waals surface area (Å²) in [5.41, 5.74) is 1.09. The van der Waals surface area contributed by atoms with E-state index in [9.17, 15) is 0 Å². The standard InChI is InChI=1S/C9H10BrNO.ClH/c10-7-2-3-9-8(6-7)11-4-1-5-12-9;/h2-3,6,11H,1,4-5H2;1H. The molecule has 0 atom stereocenters. The first-order valence-corrected chi connectivity index (χ1v) is 4.82. The molecular formula is C9H11BrClNO. The molecule has 0 fully saturated rings. The lowest BCUT2D eigenvalue weighted by Gasteiger charge is -2.06. The lowest BCUT2D eigenvalue weighted by atomic mass is 10.3. The zero-order valence-electron chi connectivity index (χ0n) is 7.05. The zero-order valence-corrected chi connectivity index (χ0v) is 9.45. The molecule has 72 valence electrons. The predicted octanol–water partition coefficient (Wildman–Crippen LogP) is 3.07. The Labute approximate surface area is 92.2 Å². The van der Waals surface area contributed by atoms with Crippen LogP contribution in [0, 0.1) is 0 Å². The quantitative estimate of drug-likeness (QED) is 0.777. The molecule has 1 heterocycles. The summed E-state index contributed by atoms with van der Waals surface area (Å²) in [5.74, 6) is 0.954. The normalized spacial score (nSPS) is 14.2. The van der Waals surface area contributed by atoms with Gasteiger partial charge in [-0.2, -0.15) is 0 Å². The van der Waals surface area contributed by atoms with Crippen LogP contribution in [0.3, 0.4) is 0 Å². The van der Waals surface area contributed by atoms with Crippen molar-refractivity contribution in [3.05, 3.63) is 22.7 Å². The summed E-state index contributed by atoms with van der Waals surface area (Å²) in [6.45, 7) is 1.80. The van der Waals surface area contributed by atoms with E-state index in [1.807, 2.05) is 18.2 Å². The minimum Gasteiger partial charge on any atom is -0.491 e. The van der Waals surface area contributed by atoms with Crippen LogP contribution >= 0.6 is 28.3 Å². The molecule has 2 nitrogen and oxygen atoms in total. The van der Waals surface area contributed by atoms with E-state index in [0.29, 0.717) is 0 Å². The Balaban J connectivity index is 0.000000845. The van der Waals surface area contributed by atoms with Crippen LogP contribution in [0.5, 0.6) is 5.75 Å². The molecule has 1 aliphatic heterocycles. The summed E-state index contributed by atoms with van der Waals surface area (Å²) < 4.78 is 6.60. The lowest BCUT2D eigenvalue weighted by Crippen LogP contribution is -1.99. The second kappa shape index (κ2) is 4.72. The Morgan fingerprint density at radius 2 is 2.23 bits per heavy atom. The van der Waals surface area contributed by atoms with Crippen molar-refractivity contribution >= 4 is 34.0 Å². The smallest absolute Gasteiger partial charge is 0.142 e. The van der Waals surface area contributed by atoms with Gasteiger partial charge in [0.2, 0.25) is 0 Å². The van der Waals surface area contributed by atoms with Gasteiger partial charge in [0.15, 0.2) is 0 Å². The molecule has 1 aromatic carbocycles. The van der Waals surface area contributed by atoms with Crippen molar-refractivity contribution in [2.45, 2.75) is 6.42 Å². The van der Waals surface area contributed by atoms with E-state index in [1.165, 1.54) is 0 Å². The van der Waals surface area contributed by atoms with Crippen LogP contribution < -0.4 is 10.1 Å². The molecule has 0 radical (unpaired) electrons. The Hall–Kier alpha value is -0.410. The van der Waals surface area contributed by atoms with E-state index < -0.39 is 0 Å². The van der Waals surface area contributed by atoms with Crippen LogP contribution in [-0.2, 0) is 0 Å². The highest BCUT2D eigenvalue weighted by atomic mass is 79.9. The van der Waals surface area contributed by atoms with Crippen LogP contribution in [-0.4, -0.2) is 13.2 Å². The molecule has 0 amide bonds. The maximum absolute atomic E-state index is 5.52. The van der Waals surface area contributed by atoms with E-state index in [1.54, 1.807) is 0 Å². The highest BCUT2D eigenvalue weighted by molar-refractivity contribution is 9.10. The monoisotopic (exact) mass is 263 g/mol. The van der Waals surface area contributed by atoms with Crippen LogP contribution in [0.2, 0.25) is 0 Å². The fourth-order valence-electron chi connectivity index (χ4n) is 1.24. The number of hydrogen-bond donors (Lipinski definition) is 1. The van der Waals surface area contributed by atoms with Gasteiger partial charge in [-0.25, -0.2) is 0 Å². The SMILES string of the molecule is Brc1ccc2c(c1)NCCCO2.Cl. The van der Waals surface area contributed by atoms with Gasteiger partial charge in [-0.15, -0.1) is 12.4 Å². The van der Waals surface area contributed by atoms with Gasteiger partial charge in [0.25, 0.3) is 0 Å². The molecular weight excluding hydrogens is 253 g/mol. The van der Waals surface area contributed by atoms with Gasteiger partial charge >= 0.3 is 0 Å². The number of hydrogen-bond acceptors (Lipinski definition) is 2. The maximum atomic E-state index is 5.52. The van der Waals surface area contributed by atoms with Crippen molar-refractivity contribution in [1.82, 2.24) is 0 Å². The number of halogens is 2. The second-order valence-corrected chi connectivity index (χ2v) is 3.68. The van der Waals surface area contributed by atoms with Crippen molar-refractivity contribution in [3.8, 4) is 5.75 Å². The van der Waals surface area contributed by atoms with Gasteiger partial charge in [-0.05, 0) is 24.6 Å². The summed E-state index contributed by atoms with van der Waals surface area (Å²) in [7, 11) is 0. The number of rotatable bonds is 0. The Kier molecular flexibility index (Phi) is 3.88. The summed E-state index contributed by atoms with van der Waals surface area (Å²) >= 11 is 3.42. The van der Waals surface area contributed by atoms with Gasteiger partial charge in [-0.3, -0.25) is 0 Å².